The molecule has 1 heterocycles. The first-order valence-electron chi connectivity index (χ1n) is 8.96. The molecule has 0 atom stereocenters. The van der Waals surface area contributed by atoms with E-state index in [1.165, 1.54) is 4.90 Å². The maximum absolute atomic E-state index is 12.7. The van der Waals surface area contributed by atoms with Gasteiger partial charge in [-0.15, -0.1) is 0 Å². The van der Waals surface area contributed by atoms with Gasteiger partial charge in [0.15, 0.2) is 6.61 Å². The number of pyridine rings is 1. The van der Waals surface area contributed by atoms with E-state index in [0.29, 0.717) is 22.7 Å². The van der Waals surface area contributed by atoms with Crippen LogP contribution >= 0.6 is 0 Å². The van der Waals surface area contributed by atoms with Gasteiger partial charge in [0, 0.05) is 25.2 Å². The first-order chi connectivity index (χ1) is 13.3. The van der Waals surface area contributed by atoms with Crippen LogP contribution in [0.4, 0.5) is 5.69 Å². The second-order valence-corrected chi connectivity index (χ2v) is 6.87. The van der Waals surface area contributed by atoms with Crippen LogP contribution in [-0.4, -0.2) is 42.4 Å². The van der Waals surface area contributed by atoms with Gasteiger partial charge in [0.05, 0.1) is 16.8 Å². The molecule has 0 aliphatic heterocycles. The molecule has 0 aliphatic carbocycles. The quantitative estimate of drug-likeness (QED) is 0.738. The Kier molecular flexibility index (Phi) is 5.59. The van der Waals surface area contributed by atoms with E-state index in [0.717, 1.165) is 16.5 Å². The lowest BCUT2D eigenvalue weighted by atomic mass is 10.1. The maximum atomic E-state index is 12.7. The minimum Gasteiger partial charge on any atom is -0.484 e. The Bertz CT molecular complexity index is 1030. The lowest BCUT2D eigenvalue weighted by Crippen LogP contribution is -2.27. The molecule has 0 bridgehead atoms. The van der Waals surface area contributed by atoms with Crippen LogP contribution in [-0.2, 0) is 4.79 Å². The molecule has 0 radical (unpaired) electrons. The zero-order valence-corrected chi connectivity index (χ0v) is 16.4. The fourth-order valence-electron chi connectivity index (χ4n) is 2.73. The Labute approximate surface area is 164 Å². The summed E-state index contributed by atoms with van der Waals surface area (Å²) in [5, 5.41) is 3.81. The number of likely N-dealkylation sites (N-methyl/N-ethyl adjacent to an activating group) is 1. The van der Waals surface area contributed by atoms with Crippen molar-refractivity contribution in [1.29, 1.82) is 0 Å². The molecule has 1 N–H and O–H groups in total. The van der Waals surface area contributed by atoms with Gasteiger partial charge in [-0.25, -0.2) is 0 Å². The molecule has 0 saturated carbocycles. The number of carbonyl (C=O) groups excluding carboxylic acids is 2. The second kappa shape index (κ2) is 8.08. The second-order valence-electron chi connectivity index (χ2n) is 6.87. The molecule has 0 aliphatic rings. The lowest BCUT2D eigenvalue weighted by molar-refractivity contribution is -0.130. The number of ether oxygens (including phenoxy) is 1. The first kappa shape index (κ1) is 19.4. The van der Waals surface area contributed by atoms with Crippen molar-refractivity contribution in [3.05, 3.63) is 65.4 Å². The van der Waals surface area contributed by atoms with Crippen LogP contribution in [0, 0.1) is 13.8 Å². The Morgan fingerprint density at radius 3 is 2.43 bits per heavy atom. The molecule has 2 amide bonds. The number of aryl methyl sites for hydroxylation is 2. The van der Waals surface area contributed by atoms with Crippen molar-refractivity contribution in [3.8, 4) is 5.75 Å². The number of anilines is 1. The van der Waals surface area contributed by atoms with Gasteiger partial charge in [-0.05, 0) is 56.3 Å². The predicted octanol–water partition coefficient (Wildman–Crippen LogP) is 3.57. The number of hydrogen-bond donors (Lipinski definition) is 1. The van der Waals surface area contributed by atoms with Crippen LogP contribution in [0.25, 0.3) is 10.9 Å². The molecular formula is C22H23N3O3. The fourth-order valence-corrected chi connectivity index (χ4v) is 2.73. The number of aromatic nitrogens is 1. The monoisotopic (exact) mass is 377 g/mol. The van der Waals surface area contributed by atoms with E-state index in [1.807, 2.05) is 38.1 Å². The smallest absolute Gasteiger partial charge is 0.259 e. The SMILES string of the molecule is Cc1ccc2nc(C)c(C(=O)Nc3ccc(OCC(=O)N(C)C)cc3)cc2c1. The van der Waals surface area contributed by atoms with Gasteiger partial charge in [0.1, 0.15) is 5.75 Å². The van der Waals surface area contributed by atoms with E-state index in [4.69, 9.17) is 4.74 Å². The maximum Gasteiger partial charge on any atom is 0.259 e. The molecule has 2 aromatic carbocycles. The molecular weight excluding hydrogens is 354 g/mol. The van der Waals surface area contributed by atoms with Gasteiger partial charge in [-0.2, -0.15) is 0 Å². The Morgan fingerprint density at radius 1 is 1.04 bits per heavy atom. The highest BCUT2D eigenvalue weighted by molar-refractivity contribution is 6.06. The number of carbonyl (C=O) groups is 2. The minimum absolute atomic E-state index is 0.0277. The average Bonchev–Trinajstić information content (AvgIpc) is 2.66. The zero-order chi connectivity index (χ0) is 20.3. The average molecular weight is 377 g/mol. The van der Waals surface area contributed by atoms with E-state index < -0.39 is 0 Å². The molecule has 0 saturated heterocycles. The Hall–Kier alpha value is -3.41. The first-order valence-corrected chi connectivity index (χ1v) is 8.96. The number of nitrogens with zero attached hydrogens (tertiary/aromatic N) is 2. The summed E-state index contributed by atoms with van der Waals surface area (Å²) in [5.41, 5.74) is 3.84. The molecule has 3 aromatic rings. The number of amides is 2. The molecule has 6 nitrogen and oxygen atoms in total. The van der Waals surface area contributed by atoms with E-state index in [9.17, 15) is 9.59 Å². The van der Waals surface area contributed by atoms with Crippen molar-refractivity contribution >= 4 is 28.4 Å². The number of nitrogens with one attached hydrogen (secondary N) is 1. The van der Waals surface area contributed by atoms with Crippen LogP contribution in [0.15, 0.2) is 48.5 Å². The summed E-state index contributed by atoms with van der Waals surface area (Å²) in [4.78, 5) is 30.3. The molecule has 0 fully saturated rings. The zero-order valence-electron chi connectivity index (χ0n) is 16.4. The summed E-state index contributed by atoms with van der Waals surface area (Å²) in [6.07, 6.45) is 0. The van der Waals surface area contributed by atoms with Gasteiger partial charge in [-0.3, -0.25) is 14.6 Å². The van der Waals surface area contributed by atoms with Crippen LogP contribution in [0.2, 0.25) is 0 Å². The lowest BCUT2D eigenvalue weighted by Gasteiger charge is -2.12. The topological polar surface area (TPSA) is 71.5 Å². The highest BCUT2D eigenvalue weighted by Gasteiger charge is 2.12. The molecule has 6 heteroatoms. The van der Waals surface area contributed by atoms with E-state index in [2.05, 4.69) is 10.3 Å². The van der Waals surface area contributed by atoms with E-state index in [-0.39, 0.29) is 18.4 Å². The third-order valence-corrected chi connectivity index (χ3v) is 4.38. The van der Waals surface area contributed by atoms with Gasteiger partial charge in [0.2, 0.25) is 0 Å². The van der Waals surface area contributed by atoms with Crippen molar-refractivity contribution in [1.82, 2.24) is 9.88 Å². The normalized spacial score (nSPS) is 10.6. The highest BCUT2D eigenvalue weighted by Crippen LogP contribution is 2.20. The van der Waals surface area contributed by atoms with Gasteiger partial charge < -0.3 is 15.0 Å². The van der Waals surface area contributed by atoms with Crippen molar-refractivity contribution in [2.24, 2.45) is 0 Å². The summed E-state index contributed by atoms with van der Waals surface area (Å²) in [5.74, 6) is 0.226. The van der Waals surface area contributed by atoms with Gasteiger partial charge >= 0.3 is 0 Å². The standard InChI is InChI=1S/C22H23N3O3/c1-14-5-10-20-16(11-14)12-19(15(2)23-20)22(27)24-17-6-8-18(9-7-17)28-13-21(26)25(3)4/h5-12H,13H2,1-4H3,(H,24,27). The van der Waals surface area contributed by atoms with Crippen molar-refractivity contribution in [2.45, 2.75) is 13.8 Å². The molecule has 0 spiro atoms. The Balaban J connectivity index is 1.71. The van der Waals surface area contributed by atoms with Crippen LogP contribution in [0.3, 0.4) is 0 Å². The number of hydrogen-bond acceptors (Lipinski definition) is 4. The molecule has 144 valence electrons. The molecule has 1 aromatic heterocycles. The van der Waals surface area contributed by atoms with Crippen LogP contribution < -0.4 is 10.1 Å². The predicted molar refractivity (Wildman–Crippen MR) is 110 cm³/mol. The third-order valence-electron chi connectivity index (χ3n) is 4.38. The number of rotatable bonds is 5. The summed E-state index contributed by atoms with van der Waals surface area (Å²) >= 11 is 0. The molecule has 3 rings (SSSR count). The van der Waals surface area contributed by atoms with Crippen molar-refractivity contribution < 1.29 is 14.3 Å². The van der Waals surface area contributed by atoms with E-state index >= 15 is 0 Å². The summed E-state index contributed by atoms with van der Waals surface area (Å²) < 4.78 is 5.44. The van der Waals surface area contributed by atoms with Crippen LogP contribution in [0.5, 0.6) is 5.75 Å². The van der Waals surface area contributed by atoms with Crippen molar-refractivity contribution in [3.63, 3.8) is 0 Å². The summed E-state index contributed by atoms with van der Waals surface area (Å²) in [6, 6.07) is 14.7. The van der Waals surface area contributed by atoms with Crippen molar-refractivity contribution in [2.75, 3.05) is 26.0 Å². The molecule has 0 unspecified atom stereocenters. The minimum atomic E-state index is -0.218. The van der Waals surface area contributed by atoms with Gasteiger partial charge in [0.25, 0.3) is 11.8 Å². The largest absolute Gasteiger partial charge is 0.484 e. The summed E-state index contributed by atoms with van der Waals surface area (Å²) in [7, 11) is 3.35. The van der Waals surface area contributed by atoms with Crippen LogP contribution in [0.1, 0.15) is 21.6 Å². The van der Waals surface area contributed by atoms with Gasteiger partial charge in [-0.1, -0.05) is 11.6 Å². The van der Waals surface area contributed by atoms with E-state index in [1.54, 1.807) is 38.4 Å². The fraction of sp³-hybridized carbons (Fsp3) is 0.227. The molecule has 28 heavy (non-hydrogen) atoms. The highest BCUT2D eigenvalue weighted by atomic mass is 16.5. The Morgan fingerprint density at radius 2 is 1.75 bits per heavy atom. The number of fused-ring (bicyclic) bond motifs is 1. The third kappa shape index (κ3) is 4.46. The number of benzene rings is 2. The summed E-state index contributed by atoms with van der Waals surface area (Å²) in [6.45, 7) is 3.81.